The van der Waals surface area contributed by atoms with Crippen molar-refractivity contribution in [2.75, 3.05) is 13.1 Å². The van der Waals surface area contributed by atoms with Gasteiger partial charge in [-0.1, -0.05) is 30.4 Å². The molecule has 0 bridgehead atoms. The number of imidazole rings is 1. The molecule has 1 N–H and O–H groups in total. The van der Waals surface area contributed by atoms with Crippen molar-refractivity contribution in [2.24, 2.45) is 0 Å². The molecular formula is C19H19N3S. The van der Waals surface area contributed by atoms with Gasteiger partial charge in [-0.05, 0) is 46.5 Å². The Morgan fingerprint density at radius 1 is 1.22 bits per heavy atom. The molecule has 0 unspecified atom stereocenters. The molecule has 0 saturated carbocycles. The number of aromatic nitrogens is 2. The van der Waals surface area contributed by atoms with Crippen LogP contribution in [0, 0.1) is 0 Å². The standard InChI is InChI=1S/C19H19N3S/c1-2-4-18-17(3-1)20-19(21-18)13-22-10-7-15(8-11-22)5-6-16-9-12-23-14-16/h1-7,9,12,14H,8,10-11,13H2,(H,20,21)/b6-5+. The van der Waals surface area contributed by atoms with Crippen LogP contribution in [0.15, 0.2) is 58.8 Å². The highest BCUT2D eigenvalue weighted by atomic mass is 32.1. The highest BCUT2D eigenvalue weighted by Gasteiger charge is 2.12. The lowest BCUT2D eigenvalue weighted by atomic mass is 10.1. The first-order valence-corrected chi connectivity index (χ1v) is 8.86. The lowest BCUT2D eigenvalue weighted by molar-refractivity contribution is 0.281. The summed E-state index contributed by atoms with van der Waals surface area (Å²) in [5.74, 6) is 1.05. The third-order valence-electron chi connectivity index (χ3n) is 4.17. The van der Waals surface area contributed by atoms with Crippen LogP contribution >= 0.6 is 11.3 Å². The van der Waals surface area contributed by atoms with Crippen molar-refractivity contribution >= 4 is 28.4 Å². The van der Waals surface area contributed by atoms with Gasteiger partial charge in [0.2, 0.25) is 0 Å². The van der Waals surface area contributed by atoms with E-state index in [9.17, 15) is 0 Å². The number of nitrogens with one attached hydrogen (secondary N) is 1. The average Bonchev–Trinajstić information content (AvgIpc) is 3.23. The molecule has 116 valence electrons. The first kappa shape index (κ1) is 14.4. The van der Waals surface area contributed by atoms with E-state index in [0.717, 1.165) is 42.9 Å². The summed E-state index contributed by atoms with van der Waals surface area (Å²) in [6, 6.07) is 10.4. The Bertz CT molecular complexity index is 810. The largest absolute Gasteiger partial charge is 0.341 e. The van der Waals surface area contributed by atoms with Gasteiger partial charge in [-0.15, -0.1) is 0 Å². The Morgan fingerprint density at radius 3 is 2.96 bits per heavy atom. The normalized spacial score (nSPS) is 16.3. The number of nitrogens with zero attached hydrogens (tertiary/aromatic N) is 2. The van der Waals surface area contributed by atoms with Gasteiger partial charge in [0.25, 0.3) is 0 Å². The van der Waals surface area contributed by atoms with Gasteiger partial charge in [0.05, 0.1) is 17.6 Å². The molecule has 3 aromatic rings. The van der Waals surface area contributed by atoms with E-state index in [-0.39, 0.29) is 0 Å². The molecular weight excluding hydrogens is 302 g/mol. The molecule has 2 aromatic heterocycles. The van der Waals surface area contributed by atoms with Crippen molar-refractivity contribution in [2.45, 2.75) is 13.0 Å². The smallest absolute Gasteiger partial charge is 0.121 e. The number of rotatable bonds is 4. The van der Waals surface area contributed by atoms with Crippen LogP contribution in [0.1, 0.15) is 17.8 Å². The van der Waals surface area contributed by atoms with Gasteiger partial charge >= 0.3 is 0 Å². The molecule has 0 aliphatic carbocycles. The number of thiophene rings is 1. The van der Waals surface area contributed by atoms with Gasteiger partial charge in [-0.3, -0.25) is 4.90 Å². The van der Waals surface area contributed by atoms with Crippen LogP contribution in [-0.4, -0.2) is 28.0 Å². The molecule has 1 aliphatic rings. The van der Waals surface area contributed by atoms with E-state index < -0.39 is 0 Å². The van der Waals surface area contributed by atoms with Crippen molar-refractivity contribution in [1.82, 2.24) is 14.9 Å². The van der Waals surface area contributed by atoms with Crippen LogP contribution < -0.4 is 0 Å². The van der Waals surface area contributed by atoms with Crippen LogP contribution in [0.25, 0.3) is 17.1 Å². The van der Waals surface area contributed by atoms with Gasteiger partial charge < -0.3 is 4.98 Å². The summed E-state index contributed by atoms with van der Waals surface area (Å²) < 4.78 is 0. The number of aromatic amines is 1. The number of benzene rings is 1. The summed E-state index contributed by atoms with van der Waals surface area (Å²) in [6.45, 7) is 2.95. The van der Waals surface area contributed by atoms with Gasteiger partial charge in [0, 0.05) is 13.1 Å². The Hall–Kier alpha value is -2.17. The zero-order valence-electron chi connectivity index (χ0n) is 12.9. The fourth-order valence-corrected chi connectivity index (χ4v) is 3.52. The van der Waals surface area contributed by atoms with Crippen molar-refractivity contribution < 1.29 is 0 Å². The molecule has 3 nitrogen and oxygen atoms in total. The van der Waals surface area contributed by atoms with Crippen LogP contribution in [0.2, 0.25) is 0 Å². The number of allylic oxidation sites excluding steroid dienone is 1. The van der Waals surface area contributed by atoms with Gasteiger partial charge in [-0.25, -0.2) is 4.98 Å². The van der Waals surface area contributed by atoms with E-state index in [0.29, 0.717) is 0 Å². The zero-order chi connectivity index (χ0) is 15.5. The molecule has 0 radical (unpaired) electrons. The SMILES string of the molecule is C1=C(/C=C/c2ccsc2)CCN(Cc2nc3ccccc3[nH]2)C1. The van der Waals surface area contributed by atoms with E-state index >= 15 is 0 Å². The van der Waals surface area contributed by atoms with Crippen LogP contribution in [0.5, 0.6) is 0 Å². The second-order valence-corrected chi connectivity index (χ2v) is 6.63. The maximum absolute atomic E-state index is 4.67. The van der Waals surface area contributed by atoms with E-state index in [2.05, 4.69) is 62.1 Å². The molecule has 4 heteroatoms. The third-order valence-corrected chi connectivity index (χ3v) is 4.87. The Morgan fingerprint density at radius 2 is 2.17 bits per heavy atom. The summed E-state index contributed by atoms with van der Waals surface area (Å²) >= 11 is 1.74. The number of hydrogen-bond acceptors (Lipinski definition) is 3. The van der Waals surface area contributed by atoms with E-state index in [1.165, 1.54) is 11.1 Å². The number of H-pyrrole nitrogens is 1. The monoisotopic (exact) mass is 321 g/mol. The Kier molecular flexibility index (Phi) is 4.09. The quantitative estimate of drug-likeness (QED) is 0.769. The van der Waals surface area contributed by atoms with Crippen molar-refractivity contribution in [3.8, 4) is 0 Å². The second kappa shape index (κ2) is 6.52. The number of para-hydroxylation sites is 2. The highest BCUT2D eigenvalue weighted by molar-refractivity contribution is 7.08. The van der Waals surface area contributed by atoms with E-state index in [1.807, 2.05) is 12.1 Å². The lowest BCUT2D eigenvalue weighted by Crippen LogP contribution is -2.28. The molecule has 0 saturated heterocycles. The minimum Gasteiger partial charge on any atom is -0.341 e. The maximum Gasteiger partial charge on any atom is 0.121 e. The molecule has 23 heavy (non-hydrogen) atoms. The van der Waals surface area contributed by atoms with E-state index in [1.54, 1.807) is 11.3 Å². The predicted octanol–water partition coefficient (Wildman–Crippen LogP) is 4.47. The Balaban J connectivity index is 1.39. The minimum absolute atomic E-state index is 0.882. The second-order valence-electron chi connectivity index (χ2n) is 5.85. The first-order valence-electron chi connectivity index (χ1n) is 7.92. The fourth-order valence-electron chi connectivity index (χ4n) is 2.89. The van der Waals surface area contributed by atoms with Gasteiger partial charge in [-0.2, -0.15) is 11.3 Å². The maximum atomic E-state index is 4.67. The number of hydrogen-bond donors (Lipinski definition) is 1. The molecule has 4 rings (SSSR count). The highest BCUT2D eigenvalue weighted by Crippen LogP contribution is 2.17. The zero-order valence-corrected chi connectivity index (χ0v) is 13.7. The lowest BCUT2D eigenvalue weighted by Gasteiger charge is -2.24. The third kappa shape index (κ3) is 3.44. The summed E-state index contributed by atoms with van der Waals surface area (Å²) in [4.78, 5) is 10.5. The van der Waals surface area contributed by atoms with E-state index in [4.69, 9.17) is 0 Å². The molecule has 1 aromatic carbocycles. The summed E-state index contributed by atoms with van der Waals surface area (Å²) in [6.07, 6.45) is 7.88. The first-order chi connectivity index (χ1) is 11.4. The van der Waals surface area contributed by atoms with Crippen LogP contribution in [-0.2, 0) is 6.54 Å². The van der Waals surface area contributed by atoms with Crippen LogP contribution in [0.3, 0.4) is 0 Å². The van der Waals surface area contributed by atoms with Crippen molar-refractivity contribution in [1.29, 1.82) is 0 Å². The van der Waals surface area contributed by atoms with Gasteiger partial charge in [0.1, 0.15) is 5.82 Å². The van der Waals surface area contributed by atoms with Crippen molar-refractivity contribution in [3.63, 3.8) is 0 Å². The summed E-state index contributed by atoms with van der Waals surface area (Å²) in [5, 5.41) is 4.29. The summed E-state index contributed by atoms with van der Waals surface area (Å²) in [5.41, 5.74) is 4.89. The molecule has 0 atom stereocenters. The van der Waals surface area contributed by atoms with Crippen LogP contribution in [0.4, 0.5) is 0 Å². The average molecular weight is 321 g/mol. The molecule has 0 amide bonds. The fraction of sp³-hybridized carbons (Fsp3) is 0.211. The van der Waals surface area contributed by atoms with Crippen molar-refractivity contribution in [3.05, 3.63) is 70.2 Å². The minimum atomic E-state index is 0.882. The molecule has 1 aliphatic heterocycles. The molecule has 0 fully saturated rings. The topological polar surface area (TPSA) is 31.9 Å². The molecule has 3 heterocycles. The number of fused-ring (bicyclic) bond motifs is 1. The molecule has 0 spiro atoms. The Labute approximate surface area is 140 Å². The predicted molar refractivity (Wildman–Crippen MR) is 97.4 cm³/mol. The summed E-state index contributed by atoms with van der Waals surface area (Å²) in [7, 11) is 0. The van der Waals surface area contributed by atoms with Gasteiger partial charge in [0.15, 0.2) is 0 Å².